The molecule has 0 unspecified atom stereocenters. The third-order valence-electron chi connectivity index (χ3n) is 4.20. The van der Waals surface area contributed by atoms with E-state index in [-0.39, 0.29) is 11.3 Å². The van der Waals surface area contributed by atoms with Crippen molar-refractivity contribution in [2.45, 2.75) is 20.8 Å². The van der Waals surface area contributed by atoms with Crippen molar-refractivity contribution in [1.82, 2.24) is 4.57 Å². The van der Waals surface area contributed by atoms with E-state index in [1.807, 2.05) is 26.8 Å². The molecule has 144 valence electrons. The van der Waals surface area contributed by atoms with Crippen molar-refractivity contribution < 1.29 is 19.0 Å². The minimum Gasteiger partial charge on any atom is -0.493 e. The van der Waals surface area contributed by atoms with Crippen molar-refractivity contribution in [1.29, 1.82) is 0 Å². The Morgan fingerprint density at radius 1 is 1.26 bits per heavy atom. The van der Waals surface area contributed by atoms with Crippen LogP contribution in [0, 0.1) is 5.41 Å². The molecule has 6 nitrogen and oxygen atoms in total. The van der Waals surface area contributed by atoms with Gasteiger partial charge in [0.1, 0.15) is 17.9 Å². The molecule has 0 aliphatic carbocycles. The Bertz CT molecular complexity index is 1040. The highest BCUT2D eigenvalue weighted by atomic mass is 32.1. The van der Waals surface area contributed by atoms with Gasteiger partial charge in [-0.2, -0.15) is 0 Å². The number of aromatic nitrogens is 1. The molecule has 0 radical (unpaired) electrons. The SMILES string of the molecule is COc1cc(/C=c2/s/c(=C/C(=O)C(C)(C)C)n(C)c2=O)cc2c1OCCO2. The zero-order valence-electron chi connectivity index (χ0n) is 16.1. The summed E-state index contributed by atoms with van der Waals surface area (Å²) in [5.41, 5.74) is 0.123. The number of carbonyl (C=O) groups is 1. The zero-order valence-corrected chi connectivity index (χ0v) is 16.9. The number of fused-ring (bicyclic) bond motifs is 1. The molecule has 1 aromatic carbocycles. The fraction of sp³-hybridized carbons (Fsp3) is 0.400. The van der Waals surface area contributed by atoms with Gasteiger partial charge in [0.2, 0.25) is 5.75 Å². The smallest absolute Gasteiger partial charge is 0.268 e. The second-order valence-electron chi connectivity index (χ2n) is 7.32. The van der Waals surface area contributed by atoms with Crippen molar-refractivity contribution in [3.05, 3.63) is 37.2 Å². The number of rotatable bonds is 3. The maximum Gasteiger partial charge on any atom is 0.268 e. The van der Waals surface area contributed by atoms with E-state index < -0.39 is 5.41 Å². The molecule has 1 aliphatic heterocycles. The lowest BCUT2D eigenvalue weighted by atomic mass is 9.91. The highest BCUT2D eigenvalue weighted by Crippen LogP contribution is 2.40. The molecule has 0 atom stereocenters. The van der Waals surface area contributed by atoms with E-state index >= 15 is 0 Å². The van der Waals surface area contributed by atoms with Crippen LogP contribution in [0.5, 0.6) is 17.2 Å². The average Bonchev–Trinajstić information content (AvgIpc) is 2.88. The largest absolute Gasteiger partial charge is 0.493 e. The van der Waals surface area contributed by atoms with Gasteiger partial charge in [-0.25, -0.2) is 0 Å². The normalized spacial score (nSPS) is 15.1. The van der Waals surface area contributed by atoms with Crippen LogP contribution in [0.25, 0.3) is 12.2 Å². The second-order valence-corrected chi connectivity index (χ2v) is 8.38. The number of carbonyl (C=O) groups excluding carboxylic acids is 1. The summed E-state index contributed by atoms with van der Waals surface area (Å²) in [5.74, 6) is 1.70. The lowest BCUT2D eigenvalue weighted by Gasteiger charge is -2.20. The number of methoxy groups -OCH3 is 1. The molecule has 1 aliphatic rings. The van der Waals surface area contributed by atoms with E-state index in [0.29, 0.717) is 39.7 Å². The third-order valence-corrected chi connectivity index (χ3v) is 5.32. The average molecular weight is 389 g/mol. The van der Waals surface area contributed by atoms with Gasteiger partial charge in [0.15, 0.2) is 17.3 Å². The van der Waals surface area contributed by atoms with Gasteiger partial charge in [-0.3, -0.25) is 9.59 Å². The van der Waals surface area contributed by atoms with Crippen LogP contribution in [0.2, 0.25) is 0 Å². The van der Waals surface area contributed by atoms with Crippen LogP contribution in [0.15, 0.2) is 16.9 Å². The van der Waals surface area contributed by atoms with Crippen LogP contribution in [-0.2, 0) is 11.8 Å². The van der Waals surface area contributed by atoms with Crippen LogP contribution in [0.1, 0.15) is 26.3 Å². The first-order valence-electron chi connectivity index (χ1n) is 8.62. The molecule has 27 heavy (non-hydrogen) atoms. The van der Waals surface area contributed by atoms with E-state index in [4.69, 9.17) is 14.2 Å². The molecule has 0 bridgehead atoms. The third kappa shape index (κ3) is 3.93. The van der Waals surface area contributed by atoms with Crippen LogP contribution < -0.4 is 29.0 Å². The molecule has 0 fully saturated rings. The predicted molar refractivity (Wildman–Crippen MR) is 105 cm³/mol. The minimum atomic E-state index is -0.493. The number of ether oxygens (including phenoxy) is 3. The molecule has 3 rings (SSSR count). The number of Topliss-reactive ketones (excluding diaryl/α,β-unsaturated/α-hetero) is 1. The Hall–Kier alpha value is -2.54. The molecule has 0 N–H and O–H groups in total. The summed E-state index contributed by atoms with van der Waals surface area (Å²) < 4.78 is 19.3. The first-order valence-corrected chi connectivity index (χ1v) is 9.43. The quantitative estimate of drug-likeness (QED) is 0.795. The molecule has 1 aromatic heterocycles. The van der Waals surface area contributed by atoms with Gasteiger partial charge in [0, 0.05) is 18.5 Å². The second kappa shape index (κ2) is 7.23. The Balaban J connectivity index is 2.12. The first kappa shape index (κ1) is 19.2. The highest BCUT2D eigenvalue weighted by Gasteiger charge is 2.20. The summed E-state index contributed by atoms with van der Waals surface area (Å²) in [5, 5.41) is 0. The van der Waals surface area contributed by atoms with E-state index in [2.05, 4.69) is 0 Å². The van der Waals surface area contributed by atoms with Crippen LogP contribution in [-0.4, -0.2) is 30.7 Å². The fourth-order valence-electron chi connectivity index (χ4n) is 2.56. The Morgan fingerprint density at radius 3 is 2.63 bits per heavy atom. The molecular formula is C20H23NO5S. The van der Waals surface area contributed by atoms with Gasteiger partial charge in [0.25, 0.3) is 5.56 Å². The van der Waals surface area contributed by atoms with Crippen LogP contribution in [0.4, 0.5) is 0 Å². The molecule has 7 heteroatoms. The van der Waals surface area contributed by atoms with Gasteiger partial charge in [0.05, 0.1) is 11.6 Å². The minimum absolute atomic E-state index is 0.0214. The van der Waals surface area contributed by atoms with Gasteiger partial charge < -0.3 is 18.8 Å². The van der Waals surface area contributed by atoms with Gasteiger partial charge >= 0.3 is 0 Å². The Labute approximate surface area is 161 Å². The summed E-state index contributed by atoms with van der Waals surface area (Å²) in [6.45, 7) is 6.50. The van der Waals surface area contributed by atoms with Crippen molar-refractivity contribution in [2.75, 3.05) is 20.3 Å². The van der Waals surface area contributed by atoms with E-state index in [1.54, 1.807) is 26.3 Å². The number of hydrogen-bond acceptors (Lipinski definition) is 6. The predicted octanol–water partition coefficient (Wildman–Crippen LogP) is 1.45. The molecule has 0 amide bonds. The summed E-state index contributed by atoms with van der Waals surface area (Å²) in [6.07, 6.45) is 3.31. The number of thiazole rings is 1. The fourth-order valence-corrected chi connectivity index (χ4v) is 3.59. The van der Waals surface area contributed by atoms with Crippen LogP contribution >= 0.6 is 11.3 Å². The summed E-state index contributed by atoms with van der Waals surface area (Å²) in [6, 6.07) is 3.62. The van der Waals surface area contributed by atoms with E-state index in [9.17, 15) is 9.59 Å². The standard InChI is InChI=1S/C20H23NO5S/c1-20(2,3)16(22)11-17-21(4)19(23)15(27-17)10-12-8-13(24-5)18-14(9-12)25-6-7-26-18/h8-11H,6-7H2,1-5H3/b15-10+,17-11+. The van der Waals surface area contributed by atoms with Crippen molar-refractivity contribution in [2.24, 2.45) is 12.5 Å². The molecular weight excluding hydrogens is 366 g/mol. The monoisotopic (exact) mass is 389 g/mol. The topological polar surface area (TPSA) is 66.8 Å². The van der Waals surface area contributed by atoms with Gasteiger partial charge in [-0.15, -0.1) is 11.3 Å². The lowest BCUT2D eigenvalue weighted by Crippen LogP contribution is -2.30. The molecule has 0 saturated carbocycles. The van der Waals surface area contributed by atoms with E-state index in [0.717, 1.165) is 5.56 Å². The summed E-state index contributed by atoms with van der Waals surface area (Å²) in [7, 11) is 3.23. The number of benzene rings is 1. The zero-order chi connectivity index (χ0) is 19.8. The van der Waals surface area contributed by atoms with Gasteiger partial charge in [-0.05, 0) is 23.8 Å². The lowest BCUT2D eigenvalue weighted by molar-refractivity contribution is -0.120. The number of nitrogens with zero attached hydrogens (tertiary/aromatic N) is 1. The molecule has 2 heterocycles. The molecule has 0 spiro atoms. The Morgan fingerprint density at radius 2 is 1.96 bits per heavy atom. The van der Waals surface area contributed by atoms with Crippen molar-refractivity contribution in [3.63, 3.8) is 0 Å². The summed E-state index contributed by atoms with van der Waals surface area (Å²) >= 11 is 1.28. The van der Waals surface area contributed by atoms with Crippen molar-refractivity contribution in [3.8, 4) is 17.2 Å². The van der Waals surface area contributed by atoms with Crippen molar-refractivity contribution >= 4 is 29.3 Å². The van der Waals surface area contributed by atoms with Crippen LogP contribution in [0.3, 0.4) is 0 Å². The first-order chi connectivity index (χ1) is 12.7. The highest BCUT2D eigenvalue weighted by molar-refractivity contribution is 7.07. The molecule has 2 aromatic rings. The van der Waals surface area contributed by atoms with E-state index in [1.165, 1.54) is 22.0 Å². The Kier molecular flexibility index (Phi) is 5.15. The maximum atomic E-state index is 12.6. The molecule has 0 saturated heterocycles. The number of hydrogen-bond donors (Lipinski definition) is 0. The number of ketones is 1. The summed E-state index contributed by atoms with van der Waals surface area (Å²) in [4.78, 5) is 24.9. The van der Waals surface area contributed by atoms with Gasteiger partial charge in [-0.1, -0.05) is 20.8 Å². The maximum absolute atomic E-state index is 12.6.